The van der Waals surface area contributed by atoms with E-state index in [1.165, 1.54) is 24.3 Å². The van der Waals surface area contributed by atoms with Crippen LogP contribution in [0.25, 0.3) is 0 Å². The first-order valence-electron chi connectivity index (χ1n) is 8.35. The number of likely N-dealkylation sites (N-methyl/N-ethyl adjacent to an activating group) is 1. The highest BCUT2D eigenvalue weighted by atomic mass is 32.2. The van der Waals surface area contributed by atoms with E-state index in [9.17, 15) is 36.3 Å². The van der Waals surface area contributed by atoms with Crippen molar-refractivity contribution < 1.29 is 36.3 Å². The van der Waals surface area contributed by atoms with Crippen molar-refractivity contribution in [3.63, 3.8) is 0 Å². The van der Waals surface area contributed by atoms with Crippen molar-refractivity contribution in [1.82, 2.24) is 4.31 Å². The maximum absolute atomic E-state index is 13.1. The minimum absolute atomic E-state index is 0.164. The summed E-state index contributed by atoms with van der Waals surface area (Å²) < 4.78 is 65.3. The Kier molecular flexibility index (Phi) is 4.93. The smallest absolute Gasteiger partial charge is 0.376 e. The number of benzene rings is 2. The van der Waals surface area contributed by atoms with Crippen molar-refractivity contribution in [3.8, 4) is 0 Å². The lowest BCUT2D eigenvalue weighted by atomic mass is 9.90. The molecule has 2 atom stereocenters. The monoisotopic (exact) mass is 427 g/mol. The van der Waals surface area contributed by atoms with Crippen LogP contribution in [0.15, 0.2) is 53.4 Å². The van der Waals surface area contributed by atoms with Gasteiger partial charge in [-0.1, -0.05) is 30.3 Å². The van der Waals surface area contributed by atoms with E-state index in [0.29, 0.717) is 11.2 Å². The maximum atomic E-state index is 13.1. The highest BCUT2D eigenvalue weighted by Crippen LogP contribution is 2.39. The molecule has 2 unspecified atom stereocenters. The zero-order valence-electron chi connectivity index (χ0n) is 15.3. The third-order valence-electron chi connectivity index (χ3n) is 4.93. The number of sulfonamides is 1. The van der Waals surface area contributed by atoms with Gasteiger partial charge in [0.2, 0.25) is 10.0 Å². The van der Waals surface area contributed by atoms with Crippen LogP contribution < -0.4 is 0 Å². The number of aliphatic hydroxyl groups is 1. The Hall–Kier alpha value is -2.56. The second kappa shape index (κ2) is 6.75. The molecule has 3 rings (SSSR count). The van der Waals surface area contributed by atoms with E-state index in [2.05, 4.69) is 0 Å². The van der Waals surface area contributed by atoms with Crippen molar-refractivity contribution in [2.45, 2.75) is 29.6 Å². The number of Topliss-reactive ketones (excluding diaryl/α,β-unsaturated/α-hetero) is 2. The summed E-state index contributed by atoms with van der Waals surface area (Å²) in [6, 6.07) is 7.70. The van der Waals surface area contributed by atoms with Gasteiger partial charge < -0.3 is 5.11 Å². The lowest BCUT2D eigenvalue weighted by Crippen LogP contribution is -2.51. The fraction of sp³-hybridized carbons (Fsp3) is 0.263. The van der Waals surface area contributed by atoms with Gasteiger partial charge in [0.05, 0.1) is 4.90 Å². The van der Waals surface area contributed by atoms with Gasteiger partial charge in [-0.2, -0.15) is 17.5 Å². The van der Waals surface area contributed by atoms with E-state index in [4.69, 9.17) is 0 Å². The number of halogens is 3. The molecule has 154 valence electrons. The van der Waals surface area contributed by atoms with E-state index in [-0.39, 0.29) is 16.0 Å². The van der Waals surface area contributed by atoms with Crippen molar-refractivity contribution in [3.05, 3.63) is 65.2 Å². The van der Waals surface area contributed by atoms with Gasteiger partial charge >= 0.3 is 6.18 Å². The van der Waals surface area contributed by atoms with Crippen LogP contribution in [-0.4, -0.2) is 48.7 Å². The van der Waals surface area contributed by atoms with Crippen LogP contribution in [-0.2, 0) is 15.6 Å². The molecule has 2 aromatic carbocycles. The molecule has 0 saturated carbocycles. The largest absolute Gasteiger partial charge is 0.421 e. The number of fused-ring (bicyclic) bond motifs is 1. The summed E-state index contributed by atoms with van der Waals surface area (Å²) in [6.07, 6.45) is -5.01. The first-order valence-corrected chi connectivity index (χ1v) is 9.79. The predicted molar refractivity (Wildman–Crippen MR) is 95.9 cm³/mol. The summed E-state index contributed by atoms with van der Waals surface area (Å²) in [5.41, 5.74) is -4.33. The quantitative estimate of drug-likeness (QED) is 0.600. The van der Waals surface area contributed by atoms with Crippen molar-refractivity contribution in [2.75, 3.05) is 7.05 Å². The van der Waals surface area contributed by atoms with E-state index < -0.39 is 45.0 Å². The molecule has 1 N–H and O–H groups in total. The molecule has 0 fully saturated rings. The van der Waals surface area contributed by atoms with Crippen LogP contribution in [0.3, 0.4) is 0 Å². The molecule has 1 heterocycles. The Labute approximate surface area is 164 Å². The van der Waals surface area contributed by atoms with E-state index in [1.807, 2.05) is 0 Å². The van der Waals surface area contributed by atoms with Crippen molar-refractivity contribution in [2.24, 2.45) is 0 Å². The number of hydrogen-bond donors (Lipinski definition) is 1. The maximum Gasteiger partial charge on any atom is 0.421 e. The number of hydrogen-bond acceptors (Lipinski definition) is 5. The van der Waals surface area contributed by atoms with Gasteiger partial charge in [0, 0.05) is 18.2 Å². The van der Waals surface area contributed by atoms with Crippen molar-refractivity contribution >= 4 is 21.6 Å². The van der Waals surface area contributed by atoms with Gasteiger partial charge in [-0.15, -0.1) is 0 Å². The van der Waals surface area contributed by atoms with Gasteiger partial charge in [0.15, 0.2) is 23.2 Å². The van der Waals surface area contributed by atoms with Crippen LogP contribution in [0, 0.1) is 0 Å². The predicted octanol–water partition coefficient (Wildman–Crippen LogP) is 2.52. The molecule has 0 radical (unpaired) electrons. The highest BCUT2D eigenvalue weighted by molar-refractivity contribution is 7.89. The Morgan fingerprint density at radius 1 is 1.10 bits per heavy atom. The molecule has 2 aromatic rings. The van der Waals surface area contributed by atoms with Gasteiger partial charge in [0.1, 0.15) is 0 Å². The lowest BCUT2D eigenvalue weighted by Gasteiger charge is -2.31. The van der Waals surface area contributed by atoms with E-state index >= 15 is 0 Å². The average molecular weight is 427 g/mol. The highest BCUT2D eigenvalue weighted by Gasteiger charge is 2.51. The van der Waals surface area contributed by atoms with Gasteiger partial charge in [-0.05, 0) is 30.7 Å². The van der Waals surface area contributed by atoms with Gasteiger partial charge in [0.25, 0.3) is 0 Å². The van der Waals surface area contributed by atoms with Crippen LogP contribution in [0.1, 0.15) is 33.2 Å². The molecule has 6 nitrogen and oxygen atoms in total. The number of nitrogens with zero attached hydrogens (tertiary/aromatic N) is 1. The number of rotatable bonds is 3. The van der Waals surface area contributed by atoms with E-state index in [0.717, 1.165) is 31.3 Å². The lowest BCUT2D eigenvalue weighted by molar-refractivity contribution is -0.258. The molecule has 0 aliphatic carbocycles. The van der Waals surface area contributed by atoms with Crippen LogP contribution in [0.4, 0.5) is 13.2 Å². The summed E-state index contributed by atoms with van der Waals surface area (Å²) >= 11 is 0. The molecule has 1 aliphatic heterocycles. The third-order valence-corrected chi connectivity index (χ3v) is 6.81. The van der Waals surface area contributed by atoms with Gasteiger partial charge in [-0.3, -0.25) is 9.59 Å². The second-order valence-electron chi connectivity index (χ2n) is 6.80. The van der Waals surface area contributed by atoms with Crippen molar-refractivity contribution in [1.29, 1.82) is 0 Å². The Balaban J connectivity index is 2.08. The summed E-state index contributed by atoms with van der Waals surface area (Å²) in [4.78, 5) is 25.5. The third kappa shape index (κ3) is 3.26. The SMILES string of the molecule is CN1C(C(=O)c2cccc(C(C)(O)C(F)(F)F)c2)C(=O)c2ccccc2S1(=O)=O. The minimum atomic E-state index is -5.01. The summed E-state index contributed by atoms with van der Waals surface area (Å²) in [5.74, 6) is -1.77. The Bertz CT molecular complexity index is 1110. The molecule has 0 saturated heterocycles. The number of carbonyl (C=O) groups excluding carboxylic acids is 2. The standard InChI is InChI=1S/C19H16F3NO5S/c1-18(26,19(20,21)22)12-7-5-6-11(10-12)16(24)15-17(25)13-8-3-4-9-14(13)29(27,28)23(15)2/h3-10,15,26H,1-2H3. The minimum Gasteiger partial charge on any atom is -0.376 e. The fourth-order valence-corrected chi connectivity index (χ4v) is 4.56. The second-order valence-corrected chi connectivity index (χ2v) is 8.77. The van der Waals surface area contributed by atoms with Crippen LogP contribution >= 0.6 is 0 Å². The first-order chi connectivity index (χ1) is 13.3. The molecule has 0 spiro atoms. The molecule has 29 heavy (non-hydrogen) atoms. The van der Waals surface area contributed by atoms with Crippen LogP contribution in [0.5, 0.6) is 0 Å². The molecular formula is C19H16F3NO5S. The molecule has 0 bridgehead atoms. The zero-order valence-corrected chi connectivity index (χ0v) is 16.1. The summed E-state index contributed by atoms with van der Waals surface area (Å²) in [5, 5.41) is 9.85. The topological polar surface area (TPSA) is 91.8 Å². The number of ketones is 2. The first kappa shape index (κ1) is 21.2. The molecular weight excluding hydrogens is 411 g/mol. The number of carbonyl (C=O) groups is 2. The van der Waals surface area contributed by atoms with E-state index in [1.54, 1.807) is 0 Å². The molecule has 0 amide bonds. The molecule has 10 heteroatoms. The Morgan fingerprint density at radius 3 is 2.34 bits per heavy atom. The average Bonchev–Trinajstić information content (AvgIpc) is 2.66. The normalized spacial score (nSPS) is 21.3. The number of alkyl halides is 3. The molecule has 1 aliphatic rings. The Morgan fingerprint density at radius 2 is 1.72 bits per heavy atom. The van der Waals surface area contributed by atoms with Crippen LogP contribution in [0.2, 0.25) is 0 Å². The molecule has 0 aromatic heterocycles. The fourth-order valence-electron chi connectivity index (χ4n) is 3.08. The summed E-state index contributed by atoms with van der Waals surface area (Å²) in [6.45, 7) is 0.537. The summed E-state index contributed by atoms with van der Waals surface area (Å²) in [7, 11) is -3.10. The zero-order chi connectivity index (χ0) is 21.8. The van der Waals surface area contributed by atoms with Gasteiger partial charge in [-0.25, -0.2) is 8.42 Å².